The first kappa shape index (κ1) is 18.2. The standard InChI is InChI=1S/C20H29FN2O2/c1-14(22-20(25)15-5-3-2-4-6-15)18-13-16(21)7-8-19(18)23-11-9-17(24)10-12-23/h7-8,13-15,17,24H,2-6,9-12H2,1H3,(H,22,25). The molecule has 1 aromatic carbocycles. The Morgan fingerprint density at radius 2 is 1.88 bits per heavy atom. The molecule has 1 atom stereocenters. The molecule has 1 unspecified atom stereocenters. The third kappa shape index (κ3) is 4.51. The van der Waals surface area contributed by atoms with Crippen LogP contribution < -0.4 is 10.2 Å². The summed E-state index contributed by atoms with van der Waals surface area (Å²) in [6.07, 6.45) is 6.56. The van der Waals surface area contributed by atoms with E-state index in [1.54, 1.807) is 6.07 Å². The van der Waals surface area contributed by atoms with Crippen LogP contribution in [0.4, 0.5) is 10.1 Å². The maximum atomic E-state index is 13.9. The molecule has 0 radical (unpaired) electrons. The molecule has 0 aromatic heterocycles. The van der Waals surface area contributed by atoms with Crippen LogP contribution in [-0.4, -0.2) is 30.2 Å². The van der Waals surface area contributed by atoms with Crippen LogP contribution in [0.5, 0.6) is 0 Å². The lowest BCUT2D eigenvalue weighted by atomic mass is 9.88. The predicted molar refractivity (Wildman–Crippen MR) is 97.0 cm³/mol. The molecule has 5 heteroatoms. The molecule has 2 fully saturated rings. The molecule has 1 aromatic rings. The van der Waals surface area contributed by atoms with Crippen LogP contribution in [0.2, 0.25) is 0 Å². The highest BCUT2D eigenvalue weighted by molar-refractivity contribution is 5.79. The fourth-order valence-corrected chi connectivity index (χ4v) is 4.04. The number of hydrogen-bond donors (Lipinski definition) is 2. The fourth-order valence-electron chi connectivity index (χ4n) is 4.04. The first-order valence-corrected chi connectivity index (χ1v) is 9.57. The minimum absolute atomic E-state index is 0.0940. The number of carbonyl (C=O) groups is 1. The van der Waals surface area contributed by atoms with Gasteiger partial charge in [0.15, 0.2) is 0 Å². The largest absolute Gasteiger partial charge is 0.393 e. The van der Waals surface area contributed by atoms with Crippen LogP contribution in [0.1, 0.15) is 63.5 Å². The summed E-state index contributed by atoms with van der Waals surface area (Å²) in [5.74, 6) is -0.0932. The SMILES string of the molecule is CC(NC(=O)C1CCCCC1)c1cc(F)ccc1N1CCC(O)CC1. The van der Waals surface area contributed by atoms with Gasteiger partial charge in [-0.2, -0.15) is 0 Å². The normalized spacial score (nSPS) is 21.2. The Morgan fingerprint density at radius 3 is 2.56 bits per heavy atom. The van der Waals surface area contributed by atoms with Crippen molar-refractivity contribution in [3.05, 3.63) is 29.6 Å². The van der Waals surface area contributed by atoms with Crippen molar-refractivity contribution in [1.82, 2.24) is 5.32 Å². The van der Waals surface area contributed by atoms with Crippen molar-refractivity contribution < 1.29 is 14.3 Å². The number of piperidine rings is 1. The summed E-state index contributed by atoms with van der Waals surface area (Å²) in [6, 6.07) is 4.57. The average Bonchev–Trinajstić information content (AvgIpc) is 2.63. The molecule has 2 aliphatic rings. The number of amides is 1. The van der Waals surface area contributed by atoms with E-state index in [-0.39, 0.29) is 29.8 Å². The van der Waals surface area contributed by atoms with Gasteiger partial charge in [0, 0.05) is 30.3 Å². The zero-order valence-corrected chi connectivity index (χ0v) is 15.0. The minimum atomic E-state index is -0.283. The van der Waals surface area contributed by atoms with Gasteiger partial charge in [-0.3, -0.25) is 4.79 Å². The van der Waals surface area contributed by atoms with Crippen molar-refractivity contribution in [2.75, 3.05) is 18.0 Å². The van der Waals surface area contributed by atoms with Crippen molar-refractivity contribution in [2.24, 2.45) is 5.92 Å². The maximum Gasteiger partial charge on any atom is 0.223 e. The third-order valence-electron chi connectivity index (χ3n) is 5.60. The Labute approximate surface area is 149 Å². The van der Waals surface area contributed by atoms with Gasteiger partial charge in [-0.25, -0.2) is 4.39 Å². The van der Waals surface area contributed by atoms with Gasteiger partial charge in [-0.05, 0) is 50.8 Å². The lowest BCUT2D eigenvalue weighted by Gasteiger charge is -2.34. The van der Waals surface area contributed by atoms with Gasteiger partial charge in [0.2, 0.25) is 5.91 Å². The molecule has 1 aliphatic heterocycles. The zero-order valence-electron chi connectivity index (χ0n) is 15.0. The van der Waals surface area contributed by atoms with Crippen LogP contribution >= 0.6 is 0 Å². The first-order chi connectivity index (χ1) is 12.0. The van der Waals surface area contributed by atoms with Gasteiger partial charge in [-0.1, -0.05) is 19.3 Å². The fraction of sp³-hybridized carbons (Fsp3) is 0.650. The third-order valence-corrected chi connectivity index (χ3v) is 5.60. The number of hydrogen-bond acceptors (Lipinski definition) is 3. The van der Waals surface area contributed by atoms with Crippen molar-refractivity contribution >= 4 is 11.6 Å². The molecule has 1 saturated heterocycles. The quantitative estimate of drug-likeness (QED) is 0.875. The first-order valence-electron chi connectivity index (χ1n) is 9.57. The van der Waals surface area contributed by atoms with E-state index in [4.69, 9.17) is 0 Å². The molecule has 1 aliphatic carbocycles. The van der Waals surface area contributed by atoms with Gasteiger partial charge >= 0.3 is 0 Å². The Hall–Kier alpha value is -1.62. The van der Waals surface area contributed by atoms with E-state index in [1.165, 1.54) is 18.6 Å². The van der Waals surface area contributed by atoms with E-state index in [2.05, 4.69) is 10.2 Å². The molecule has 0 spiro atoms. The number of anilines is 1. The molecular weight excluding hydrogens is 319 g/mol. The molecule has 2 N–H and O–H groups in total. The Bertz CT molecular complexity index is 593. The molecule has 25 heavy (non-hydrogen) atoms. The van der Waals surface area contributed by atoms with Gasteiger partial charge in [0.25, 0.3) is 0 Å². The van der Waals surface area contributed by atoms with Crippen molar-refractivity contribution in [1.29, 1.82) is 0 Å². The van der Waals surface area contributed by atoms with Crippen LogP contribution in [0.3, 0.4) is 0 Å². The number of nitrogens with zero attached hydrogens (tertiary/aromatic N) is 1. The molecule has 138 valence electrons. The van der Waals surface area contributed by atoms with E-state index >= 15 is 0 Å². The second-order valence-electron chi connectivity index (χ2n) is 7.49. The van der Waals surface area contributed by atoms with Crippen LogP contribution in [-0.2, 0) is 4.79 Å². The monoisotopic (exact) mass is 348 g/mol. The van der Waals surface area contributed by atoms with Crippen molar-refractivity contribution in [3.8, 4) is 0 Å². The average molecular weight is 348 g/mol. The van der Waals surface area contributed by atoms with Gasteiger partial charge < -0.3 is 15.3 Å². The summed E-state index contributed by atoms with van der Waals surface area (Å²) in [4.78, 5) is 14.7. The van der Waals surface area contributed by atoms with E-state index in [9.17, 15) is 14.3 Å². The molecule has 1 saturated carbocycles. The summed E-state index contributed by atoms with van der Waals surface area (Å²) < 4.78 is 13.9. The number of aliphatic hydroxyl groups is 1. The second-order valence-corrected chi connectivity index (χ2v) is 7.49. The van der Waals surface area contributed by atoms with E-state index < -0.39 is 0 Å². The molecule has 1 heterocycles. The number of aliphatic hydroxyl groups excluding tert-OH is 1. The summed E-state index contributed by atoms with van der Waals surface area (Å²) >= 11 is 0. The Morgan fingerprint density at radius 1 is 1.20 bits per heavy atom. The summed E-state index contributed by atoms with van der Waals surface area (Å²) in [7, 11) is 0. The van der Waals surface area contributed by atoms with E-state index in [0.29, 0.717) is 0 Å². The number of carbonyl (C=O) groups excluding carboxylic acids is 1. The van der Waals surface area contributed by atoms with E-state index in [1.807, 2.05) is 6.92 Å². The molecule has 3 rings (SSSR count). The smallest absolute Gasteiger partial charge is 0.223 e. The second kappa shape index (κ2) is 8.17. The zero-order chi connectivity index (χ0) is 17.8. The molecule has 4 nitrogen and oxygen atoms in total. The molecule has 1 amide bonds. The van der Waals surface area contributed by atoms with Crippen LogP contribution in [0.25, 0.3) is 0 Å². The summed E-state index contributed by atoms with van der Waals surface area (Å²) in [5.41, 5.74) is 1.78. The van der Waals surface area contributed by atoms with Gasteiger partial charge in [-0.15, -0.1) is 0 Å². The summed E-state index contributed by atoms with van der Waals surface area (Å²) in [5, 5.41) is 12.8. The van der Waals surface area contributed by atoms with E-state index in [0.717, 1.165) is 62.9 Å². The van der Waals surface area contributed by atoms with Gasteiger partial charge in [0.05, 0.1) is 12.1 Å². The maximum absolute atomic E-state index is 13.9. The molecule has 0 bridgehead atoms. The number of rotatable bonds is 4. The minimum Gasteiger partial charge on any atom is -0.393 e. The van der Waals surface area contributed by atoms with Crippen LogP contribution in [0, 0.1) is 11.7 Å². The van der Waals surface area contributed by atoms with Crippen molar-refractivity contribution in [3.63, 3.8) is 0 Å². The highest BCUT2D eigenvalue weighted by atomic mass is 19.1. The highest BCUT2D eigenvalue weighted by Crippen LogP contribution is 2.31. The predicted octanol–water partition coefficient (Wildman–Crippen LogP) is 3.54. The highest BCUT2D eigenvalue weighted by Gasteiger charge is 2.25. The Kier molecular flexibility index (Phi) is 5.94. The number of halogens is 1. The number of nitrogens with one attached hydrogen (secondary N) is 1. The van der Waals surface area contributed by atoms with Crippen LogP contribution in [0.15, 0.2) is 18.2 Å². The molecular formula is C20H29FN2O2. The Balaban J connectivity index is 1.73. The van der Waals surface area contributed by atoms with Crippen molar-refractivity contribution in [2.45, 2.75) is 64.0 Å². The summed E-state index contributed by atoms with van der Waals surface area (Å²) in [6.45, 7) is 3.43. The topological polar surface area (TPSA) is 52.6 Å². The lowest BCUT2D eigenvalue weighted by molar-refractivity contribution is -0.126. The number of benzene rings is 1. The lowest BCUT2D eigenvalue weighted by Crippen LogP contribution is -2.38. The van der Waals surface area contributed by atoms with Gasteiger partial charge in [0.1, 0.15) is 5.82 Å².